The van der Waals surface area contributed by atoms with Gasteiger partial charge >= 0.3 is 0 Å². The van der Waals surface area contributed by atoms with Gasteiger partial charge in [0, 0.05) is 31.5 Å². The zero-order chi connectivity index (χ0) is 21.8. The van der Waals surface area contributed by atoms with Crippen LogP contribution in [0.15, 0.2) is 59.1 Å². The van der Waals surface area contributed by atoms with Gasteiger partial charge in [-0.15, -0.1) is 0 Å². The fourth-order valence-corrected chi connectivity index (χ4v) is 3.46. The van der Waals surface area contributed by atoms with Crippen LogP contribution in [0.1, 0.15) is 29.6 Å². The van der Waals surface area contributed by atoms with E-state index in [0.29, 0.717) is 24.1 Å². The van der Waals surface area contributed by atoms with E-state index in [2.05, 4.69) is 10.3 Å². The lowest BCUT2D eigenvalue weighted by atomic mass is 10.1. The number of nitrogens with zero attached hydrogens (tertiary/aromatic N) is 2. The third-order valence-corrected chi connectivity index (χ3v) is 5.05. The molecule has 1 saturated heterocycles. The molecule has 0 bridgehead atoms. The molecule has 8 heteroatoms. The number of nitrogens with one attached hydrogen (secondary N) is 1. The lowest BCUT2D eigenvalue weighted by molar-refractivity contribution is -0.138. The monoisotopic (exact) mass is 421 g/mol. The molecule has 1 aliphatic rings. The van der Waals surface area contributed by atoms with Crippen molar-refractivity contribution in [1.29, 1.82) is 0 Å². The Balaban J connectivity index is 1.44. The van der Waals surface area contributed by atoms with Gasteiger partial charge < -0.3 is 9.73 Å². The van der Waals surface area contributed by atoms with Crippen molar-refractivity contribution in [2.45, 2.75) is 19.3 Å². The molecule has 1 N–H and O–H groups in total. The minimum absolute atomic E-state index is 0.170. The average Bonchev–Trinajstić information content (AvgIpc) is 3.39. The second-order valence-corrected chi connectivity index (χ2v) is 7.10. The number of rotatable bonds is 7. The Bertz CT molecular complexity index is 1130. The summed E-state index contributed by atoms with van der Waals surface area (Å²) >= 11 is 0. The number of imide groups is 1. The van der Waals surface area contributed by atoms with Crippen molar-refractivity contribution in [3.63, 3.8) is 0 Å². The van der Waals surface area contributed by atoms with Crippen molar-refractivity contribution in [1.82, 2.24) is 15.2 Å². The van der Waals surface area contributed by atoms with Gasteiger partial charge in [0.2, 0.25) is 17.7 Å². The quantitative estimate of drug-likeness (QED) is 0.466. The first-order valence-corrected chi connectivity index (χ1v) is 9.96. The zero-order valence-corrected chi connectivity index (χ0v) is 16.6. The highest BCUT2D eigenvalue weighted by molar-refractivity contribution is 6.02. The average molecular weight is 421 g/mol. The molecule has 158 valence electrons. The predicted octanol–water partition coefficient (Wildman–Crippen LogP) is 3.42. The van der Waals surface area contributed by atoms with Crippen LogP contribution in [0.3, 0.4) is 0 Å². The molecule has 0 atom stereocenters. The molecule has 0 aliphatic carbocycles. The Hall–Kier alpha value is -3.81. The number of oxazole rings is 1. The van der Waals surface area contributed by atoms with E-state index in [1.165, 1.54) is 17.2 Å². The summed E-state index contributed by atoms with van der Waals surface area (Å²) in [6, 6.07) is 13.0. The van der Waals surface area contributed by atoms with E-state index < -0.39 is 5.82 Å². The molecular formula is C23H20FN3O4. The van der Waals surface area contributed by atoms with Crippen molar-refractivity contribution >= 4 is 17.7 Å². The van der Waals surface area contributed by atoms with E-state index in [4.69, 9.17) is 4.42 Å². The van der Waals surface area contributed by atoms with Gasteiger partial charge in [0.25, 0.3) is 5.91 Å². The first kappa shape index (κ1) is 20.5. The third-order valence-electron chi connectivity index (χ3n) is 5.05. The maximum Gasteiger partial charge on any atom is 0.252 e. The molecule has 1 fully saturated rings. The molecule has 0 unspecified atom stereocenters. The summed E-state index contributed by atoms with van der Waals surface area (Å²) < 4.78 is 19.8. The van der Waals surface area contributed by atoms with Crippen LogP contribution in [0, 0.1) is 5.82 Å². The highest BCUT2D eigenvalue weighted by Gasteiger charge is 2.28. The fourth-order valence-electron chi connectivity index (χ4n) is 3.46. The van der Waals surface area contributed by atoms with Gasteiger partial charge in [0.15, 0.2) is 5.76 Å². The van der Waals surface area contributed by atoms with E-state index >= 15 is 0 Å². The molecule has 2 heterocycles. The number of aromatic nitrogens is 1. The van der Waals surface area contributed by atoms with E-state index in [9.17, 15) is 18.8 Å². The number of amides is 3. The number of benzene rings is 2. The van der Waals surface area contributed by atoms with Crippen LogP contribution in [-0.2, 0) is 9.59 Å². The Morgan fingerprint density at radius 2 is 1.71 bits per heavy atom. The molecule has 31 heavy (non-hydrogen) atoms. The van der Waals surface area contributed by atoms with Crippen molar-refractivity contribution in [2.24, 2.45) is 0 Å². The molecule has 7 nitrogen and oxygen atoms in total. The van der Waals surface area contributed by atoms with Gasteiger partial charge in [0.05, 0.1) is 17.3 Å². The SMILES string of the molecule is O=C(NCCCN1C(=O)CCC1=O)c1ccccc1-c1ncc(-c2ccccc2F)o1. The number of halogens is 1. The first-order valence-electron chi connectivity index (χ1n) is 9.96. The Labute approximate surface area is 177 Å². The molecule has 3 amide bonds. The van der Waals surface area contributed by atoms with Crippen LogP contribution in [-0.4, -0.2) is 40.7 Å². The van der Waals surface area contributed by atoms with Gasteiger partial charge in [-0.1, -0.05) is 24.3 Å². The number of hydrogen-bond donors (Lipinski definition) is 1. The standard InChI is InChI=1S/C23H20FN3O4/c24-18-9-4-3-8-17(18)19-14-26-23(31-19)16-7-2-1-6-15(16)22(30)25-12-5-13-27-20(28)10-11-21(27)29/h1-4,6-9,14H,5,10-13H2,(H,25,30). The van der Waals surface area contributed by atoms with Gasteiger partial charge in [-0.2, -0.15) is 0 Å². The number of likely N-dealkylation sites (tertiary alicyclic amines) is 1. The first-order chi connectivity index (χ1) is 15.0. The van der Waals surface area contributed by atoms with Crippen LogP contribution in [0.25, 0.3) is 22.8 Å². The second kappa shape index (κ2) is 8.91. The molecule has 0 saturated carbocycles. The summed E-state index contributed by atoms with van der Waals surface area (Å²) in [4.78, 5) is 41.4. The maximum atomic E-state index is 14.0. The fraction of sp³-hybridized carbons (Fsp3) is 0.217. The van der Waals surface area contributed by atoms with Gasteiger partial charge in [0.1, 0.15) is 5.82 Å². The minimum Gasteiger partial charge on any atom is -0.436 e. The van der Waals surface area contributed by atoms with Crippen LogP contribution < -0.4 is 5.32 Å². The number of hydrogen-bond acceptors (Lipinski definition) is 5. The van der Waals surface area contributed by atoms with Crippen LogP contribution in [0.4, 0.5) is 4.39 Å². The number of carbonyl (C=O) groups is 3. The van der Waals surface area contributed by atoms with Gasteiger partial charge in [-0.05, 0) is 30.7 Å². The molecule has 1 aliphatic heterocycles. The van der Waals surface area contributed by atoms with Crippen molar-refractivity contribution in [3.05, 3.63) is 66.1 Å². The molecule has 2 aromatic carbocycles. The lowest BCUT2D eigenvalue weighted by Crippen LogP contribution is -2.33. The van der Waals surface area contributed by atoms with E-state index in [-0.39, 0.29) is 54.3 Å². The summed E-state index contributed by atoms with van der Waals surface area (Å²) in [6.45, 7) is 0.585. The number of carbonyl (C=O) groups excluding carboxylic acids is 3. The topological polar surface area (TPSA) is 92.5 Å². The van der Waals surface area contributed by atoms with Gasteiger partial charge in [-0.25, -0.2) is 9.37 Å². The summed E-state index contributed by atoms with van der Waals surface area (Å²) in [7, 11) is 0. The predicted molar refractivity (Wildman–Crippen MR) is 110 cm³/mol. The second-order valence-electron chi connectivity index (χ2n) is 7.10. The molecule has 0 radical (unpaired) electrons. The molecule has 3 aromatic rings. The zero-order valence-electron chi connectivity index (χ0n) is 16.6. The molecule has 1 aromatic heterocycles. The Morgan fingerprint density at radius 3 is 2.45 bits per heavy atom. The highest BCUT2D eigenvalue weighted by atomic mass is 19.1. The van der Waals surface area contributed by atoms with Gasteiger partial charge in [-0.3, -0.25) is 19.3 Å². The smallest absolute Gasteiger partial charge is 0.252 e. The highest BCUT2D eigenvalue weighted by Crippen LogP contribution is 2.29. The maximum absolute atomic E-state index is 14.0. The van der Waals surface area contributed by atoms with Crippen molar-refractivity contribution in [3.8, 4) is 22.8 Å². The van der Waals surface area contributed by atoms with E-state index in [0.717, 1.165) is 0 Å². The summed E-state index contributed by atoms with van der Waals surface area (Å²) in [5.41, 5.74) is 1.12. The normalized spacial score (nSPS) is 13.6. The Morgan fingerprint density at radius 1 is 1.03 bits per heavy atom. The minimum atomic E-state index is -0.425. The molecule has 0 spiro atoms. The Kier molecular flexibility index (Phi) is 5.88. The largest absolute Gasteiger partial charge is 0.436 e. The van der Waals surface area contributed by atoms with Crippen molar-refractivity contribution in [2.75, 3.05) is 13.1 Å². The van der Waals surface area contributed by atoms with Crippen LogP contribution in [0.5, 0.6) is 0 Å². The summed E-state index contributed by atoms with van der Waals surface area (Å²) in [5.74, 6) is -0.625. The van der Waals surface area contributed by atoms with Crippen LogP contribution in [0.2, 0.25) is 0 Å². The summed E-state index contributed by atoms with van der Waals surface area (Å²) in [6.07, 6.45) is 2.39. The van der Waals surface area contributed by atoms with Crippen molar-refractivity contribution < 1.29 is 23.2 Å². The van der Waals surface area contributed by atoms with E-state index in [1.54, 1.807) is 42.5 Å². The van der Waals surface area contributed by atoms with Crippen LogP contribution >= 0.6 is 0 Å². The third kappa shape index (κ3) is 4.37. The molecular weight excluding hydrogens is 401 g/mol. The lowest BCUT2D eigenvalue weighted by Gasteiger charge is -2.14. The van der Waals surface area contributed by atoms with E-state index in [1.807, 2.05) is 0 Å². The summed E-state index contributed by atoms with van der Waals surface area (Å²) in [5, 5.41) is 2.79. The molecule has 4 rings (SSSR count).